The van der Waals surface area contributed by atoms with E-state index in [1.807, 2.05) is 13.8 Å². The maximum atomic E-state index is 12.1. The van der Waals surface area contributed by atoms with Crippen LogP contribution in [0.3, 0.4) is 0 Å². The van der Waals surface area contributed by atoms with E-state index in [4.69, 9.17) is 4.74 Å². The highest BCUT2D eigenvalue weighted by molar-refractivity contribution is 5.95. The molecule has 3 atom stereocenters. The van der Waals surface area contributed by atoms with Gasteiger partial charge in [-0.05, 0) is 25.2 Å². The third kappa shape index (κ3) is 3.26. The Balaban J connectivity index is 2.07. The summed E-state index contributed by atoms with van der Waals surface area (Å²) in [6.45, 7) is 5.52. The van der Waals surface area contributed by atoms with Crippen molar-refractivity contribution < 1.29 is 14.3 Å². The number of nitrogens with zero attached hydrogens (tertiary/aromatic N) is 1. The third-order valence-electron chi connectivity index (χ3n) is 4.20. The zero-order valence-electron chi connectivity index (χ0n) is 11.9. The molecule has 5 nitrogen and oxygen atoms in total. The van der Waals surface area contributed by atoms with Gasteiger partial charge in [-0.25, -0.2) is 0 Å². The second-order valence-electron chi connectivity index (χ2n) is 5.58. The average molecular weight is 268 g/mol. The monoisotopic (exact) mass is 268 g/mol. The first-order valence-electron chi connectivity index (χ1n) is 7.32. The van der Waals surface area contributed by atoms with Crippen LogP contribution in [0.2, 0.25) is 0 Å². The second-order valence-corrected chi connectivity index (χ2v) is 5.58. The SMILES string of the molecule is CCC(C)C1C(=O)NCC(=O)N1CC1CCCCO1. The van der Waals surface area contributed by atoms with Crippen LogP contribution in [0.1, 0.15) is 39.5 Å². The Morgan fingerprint density at radius 1 is 1.42 bits per heavy atom. The van der Waals surface area contributed by atoms with Crippen molar-refractivity contribution in [3.63, 3.8) is 0 Å². The second kappa shape index (κ2) is 6.37. The van der Waals surface area contributed by atoms with Crippen molar-refractivity contribution in [3.8, 4) is 0 Å². The molecule has 0 aromatic heterocycles. The van der Waals surface area contributed by atoms with Crippen molar-refractivity contribution >= 4 is 11.8 Å². The molecule has 2 saturated heterocycles. The molecule has 3 unspecified atom stereocenters. The molecular weight excluding hydrogens is 244 g/mol. The molecule has 0 bridgehead atoms. The van der Waals surface area contributed by atoms with E-state index < -0.39 is 0 Å². The molecule has 2 aliphatic heterocycles. The summed E-state index contributed by atoms with van der Waals surface area (Å²) in [5.74, 6) is 0.164. The van der Waals surface area contributed by atoms with Crippen LogP contribution in [0.15, 0.2) is 0 Å². The van der Waals surface area contributed by atoms with Crippen molar-refractivity contribution in [3.05, 3.63) is 0 Å². The van der Waals surface area contributed by atoms with Gasteiger partial charge >= 0.3 is 0 Å². The number of amides is 2. The molecule has 5 heteroatoms. The van der Waals surface area contributed by atoms with Gasteiger partial charge in [0.15, 0.2) is 0 Å². The van der Waals surface area contributed by atoms with Crippen LogP contribution in [-0.2, 0) is 14.3 Å². The lowest BCUT2D eigenvalue weighted by atomic mass is 9.94. The van der Waals surface area contributed by atoms with Crippen molar-refractivity contribution in [2.45, 2.75) is 51.7 Å². The van der Waals surface area contributed by atoms with E-state index in [0.29, 0.717) is 6.54 Å². The Labute approximate surface area is 114 Å². The van der Waals surface area contributed by atoms with Gasteiger partial charge in [0, 0.05) is 13.2 Å². The summed E-state index contributed by atoms with van der Waals surface area (Å²) >= 11 is 0. The zero-order valence-corrected chi connectivity index (χ0v) is 11.9. The maximum Gasteiger partial charge on any atom is 0.243 e. The topological polar surface area (TPSA) is 58.6 Å². The number of piperazine rings is 1. The molecule has 0 saturated carbocycles. The highest BCUT2D eigenvalue weighted by atomic mass is 16.5. The normalized spacial score (nSPS) is 30.1. The predicted molar refractivity (Wildman–Crippen MR) is 71.6 cm³/mol. The summed E-state index contributed by atoms with van der Waals surface area (Å²) in [6.07, 6.45) is 4.20. The van der Waals surface area contributed by atoms with E-state index in [1.54, 1.807) is 4.90 Å². The summed E-state index contributed by atoms with van der Waals surface area (Å²) in [7, 11) is 0. The zero-order chi connectivity index (χ0) is 13.8. The van der Waals surface area contributed by atoms with E-state index >= 15 is 0 Å². The number of rotatable bonds is 4. The Morgan fingerprint density at radius 3 is 2.84 bits per heavy atom. The largest absolute Gasteiger partial charge is 0.376 e. The van der Waals surface area contributed by atoms with Crippen LogP contribution in [0.5, 0.6) is 0 Å². The molecule has 108 valence electrons. The molecule has 0 aromatic rings. The molecule has 1 N–H and O–H groups in total. The molecule has 19 heavy (non-hydrogen) atoms. The van der Waals surface area contributed by atoms with Gasteiger partial charge in [0.05, 0.1) is 12.6 Å². The first-order chi connectivity index (χ1) is 9.13. The fourth-order valence-corrected chi connectivity index (χ4v) is 2.84. The van der Waals surface area contributed by atoms with Gasteiger partial charge in [-0.1, -0.05) is 20.3 Å². The first-order valence-corrected chi connectivity index (χ1v) is 7.32. The number of nitrogens with one attached hydrogen (secondary N) is 1. The lowest BCUT2D eigenvalue weighted by Crippen LogP contribution is -2.62. The van der Waals surface area contributed by atoms with Crippen molar-refractivity contribution in [1.29, 1.82) is 0 Å². The summed E-state index contributed by atoms with van der Waals surface area (Å²) in [4.78, 5) is 25.9. The van der Waals surface area contributed by atoms with Crippen LogP contribution >= 0.6 is 0 Å². The number of carbonyl (C=O) groups is 2. The fourth-order valence-electron chi connectivity index (χ4n) is 2.84. The quantitative estimate of drug-likeness (QED) is 0.825. The smallest absolute Gasteiger partial charge is 0.243 e. The lowest BCUT2D eigenvalue weighted by molar-refractivity contribution is -0.150. The highest BCUT2D eigenvalue weighted by Crippen LogP contribution is 2.21. The van der Waals surface area contributed by atoms with Crippen LogP contribution in [0.4, 0.5) is 0 Å². The van der Waals surface area contributed by atoms with Gasteiger partial charge in [-0.15, -0.1) is 0 Å². The molecule has 2 fully saturated rings. The van der Waals surface area contributed by atoms with Crippen LogP contribution in [0.25, 0.3) is 0 Å². The van der Waals surface area contributed by atoms with E-state index in [2.05, 4.69) is 5.32 Å². The minimum Gasteiger partial charge on any atom is -0.376 e. The van der Waals surface area contributed by atoms with Crippen LogP contribution in [-0.4, -0.2) is 48.6 Å². The molecule has 2 heterocycles. The minimum absolute atomic E-state index is 0.0130. The van der Waals surface area contributed by atoms with E-state index in [1.165, 1.54) is 0 Å². The van der Waals surface area contributed by atoms with Crippen molar-refractivity contribution in [2.75, 3.05) is 19.7 Å². The summed E-state index contributed by atoms with van der Waals surface area (Å²) in [6, 6.07) is -0.336. The standard InChI is InChI=1S/C14H24N2O3/c1-3-10(2)13-14(18)15-8-12(17)16(13)9-11-6-4-5-7-19-11/h10-11,13H,3-9H2,1-2H3,(H,15,18). The van der Waals surface area contributed by atoms with E-state index in [0.717, 1.165) is 32.3 Å². The minimum atomic E-state index is -0.336. The molecule has 0 aliphatic carbocycles. The van der Waals surface area contributed by atoms with Crippen molar-refractivity contribution in [2.24, 2.45) is 5.92 Å². The molecule has 0 spiro atoms. The van der Waals surface area contributed by atoms with Crippen molar-refractivity contribution in [1.82, 2.24) is 10.2 Å². The third-order valence-corrected chi connectivity index (χ3v) is 4.20. The summed E-state index contributed by atoms with van der Waals surface area (Å²) in [5, 5.41) is 2.69. The van der Waals surface area contributed by atoms with Gasteiger partial charge in [0.1, 0.15) is 6.04 Å². The molecule has 0 aromatic carbocycles. The van der Waals surface area contributed by atoms with Gasteiger partial charge in [-0.2, -0.15) is 0 Å². The summed E-state index contributed by atoms with van der Waals surface area (Å²) in [5.41, 5.74) is 0. The Kier molecular flexibility index (Phi) is 4.80. The fraction of sp³-hybridized carbons (Fsp3) is 0.857. The molecule has 0 radical (unpaired) electrons. The van der Waals surface area contributed by atoms with Gasteiger partial charge < -0.3 is 15.0 Å². The Morgan fingerprint density at radius 2 is 2.21 bits per heavy atom. The van der Waals surface area contributed by atoms with E-state index in [-0.39, 0.29) is 36.4 Å². The Hall–Kier alpha value is -1.10. The molecular formula is C14H24N2O3. The number of carbonyl (C=O) groups excluding carboxylic acids is 2. The maximum absolute atomic E-state index is 12.1. The predicted octanol–water partition coefficient (Wildman–Crippen LogP) is 0.929. The number of hydrogen-bond acceptors (Lipinski definition) is 3. The van der Waals surface area contributed by atoms with Gasteiger partial charge in [-0.3, -0.25) is 9.59 Å². The molecule has 2 aliphatic rings. The lowest BCUT2D eigenvalue weighted by Gasteiger charge is -2.40. The first kappa shape index (κ1) is 14.3. The number of hydrogen-bond donors (Lipinski definition) is 1. The van der Waals surface area contributed by atoms with Gasteiger partial charge in [0.25, 0.3) is 0 Å². The molecule has 2 rings (SSSR count). The van der Waals surface area contributed by atoms with E-state index in [9.17, 15) is 9.59 Å². The summed E-state index contributed by atoms with van der Waals surface area (Å²) < 4.78 is 5.70. The molecule has 2 amide bonds. The number of ether oxygens (including phenoxy) is 1. The Bertz CT molecular complexity index is 340. The van der Waals surface area contributed by atoms with Crippen LogP contribution in [0, 0.1) is 5.92 Å². The van der Waals surface area contributed by atoms with Gasteiger partial charge in [0.2, 0.25) is 11.8 Å². The highest BCUT2D eigenvalue weighted by Gasteiger charge is 2.38. The van der Waals surface area contributed by atoms with Crippen LogP contribution < -0.4 is 5.32 Å². The average Bonchev–Trinajstić information content (AvgIpc) is 2.43.